The number of amides is 1. The van der Waals surface area contributed by atoms with Crippen LogP contribution in [0.1, 0.15) is 52.9 Å². The van der Waals surface area contributed by atoms with Gasteiger partial charge < -0.3 is 15.3 Å². The first kappa shape index (κ1) is 16.4. The summed E-state index contributed by atoms with van der Waals surface area (Å²) in [5.41, 5.74) is -0.729. The largest absolute Gasteiger partial charge is 0.389 e. The molecule has 1 unspecified atom stereocenters. The molecular weight excluding hydrogens is 240 g/mol. The number of hydrogen-bond donors (Lipinski definition) is 2. The van der Waals surface area contributed by atoms with Gasteiger partial charge >= 0.3 is 0 Å². The lowest BCUT2D eigenvalue weighted by Crippen LogP contribution is -2.44. The van der Waals surface area contributed by atoms with Gasteiger partial charge in [0.05, 0.1) is 12.1 Å². The van der Waals surface area contributed by atoms with Crippen molar-refractivity contribution < 1.29 is 9.90 Å². The monoisotopic (exact) mass is 270 g/mol. The molecule has 0 saturated carbocycles. The predicted molar refractivity (Wildman–Crippen MR) is 78.0 cm³/mol. The molecule has 0 radical (unpaired) electrons. The van der Waals surface area contributed by atoms with Crippen molar-refractivity contribution in [1.82, 2.24) is 10.2 Å². The molecule has 112 valence electrons. The molecule has 4 nitrogen and oxygen atoms in total. The molecule has 2 N–H and O–H groups in total. The molecule has 1 atom stereocenters. The summed E-state index contributed by atoms with van der Waals surface area (Å²) < 4.78 is 0. The van der Waals surface area contributed by atoms with Crippen molar-refractivity contribution in [2.75, 3.05) is 26.2 Å². The number of aliphatic hydroxyl groups is 1. The third-order valence-corrected chi connectivity index (χ3v) is 3.59. The van der Waals surface area contributed by atoms with E-state index in [2.05, 4.69) is 19.2 Å². The highest BCUT2D eigenvalue weighted by Gasteiger charge is 2.22. The van der Waals surface area contributed by atoms with Gasteiger partial charge in [-0.15, -0.1) is 0 Å². The summed E-state index contributed by atoms with van der Waals surface area (Å²) in [6, 6.07) is 0. The van der Waals surface area contributed by atoms with Crippen LogP contribution in [0.25, 0.3) is 0 Å². The Labute approximate surface area is 117 Å². The molecule has 1 rings (SSSR count). The molecule has 0 aromatic heterocycles. The van der Waals surface area contributed by atoms with E-state index in [9.17, 15) is 9.90 Å². The lowest BCUT2D eigenvalue weighted by molar-refractivity contribution is -0.130. The van der Waals surface area contributed by atoms with Crippen molar-refractivity contribution in [2.24, 2.45) is 5.92 Å². The fourth-order valence-electron chi connectivity index (χ4n) is 2.82. The van der Waals surface area contributed by atoms with E-state index in [1.165, 1.54) is 12.8 Å². The van der Waals surface area contributed by atoms with Crippen molar-refractivity contribution in [3.05, 3.63) is 0 Å². The third-order valence-electron chi connectivity index (χ3n) is 3.59. The maximum absolute atomic E-state index is 12.0. The number of hydrogen-bond acceptors (Lipinski definition) is 3. The summed E-state index contributed by atoms with van der Waals surface area (Å²) in [4.78, 5) is 14.0. The van der Waals surface area contributed by atoms with Crippen LogP contribution in [0.3, 0.4) is 0 Å². The van der Waals surface area contributed by atoms with Crippen LogP contribution >= 0.6 is 0 Å². The van der Waals surface area contributed by atoms with Gasteiger partial charge in [0.15, 0.2) is 0 Å². The zero-order chi connectivity index (χ0) is 14.3. The Kier molecular flexibility index (Phi) is 6.80. The van der Waals surface area contributed by atoms with E-state index in [4.69, 9.17) is 0 Å². The summed E-state index contributed by atoms with van der Waals surface area (Å²) in [6.07, 6.45) is 5.46. The standard InChI is InChI=1S/C15H30N2O2/c1-13(2)10-15(3,19)12-16-11-14(18)17-8-6-4-5-7-9-17/h13,16,19H,4-12H2,1-3H3. The van der Waals surface area contributed by atoms with E-state index in [0.29, 0.717) is 19.0 Å². The summed E-state index contributed by atoms with van der Waals surface area (Å²) in [5.74, 6) is 0.625. The van der Waals surface area contributed by atoms with Crippen LogP contribution in [0.15, 0.2) is 0 Å². The zero-order valence-corrected chi connectivity index (χ0v) is 12.7. The number of likely N-dealkylation sites (tertiary alicyclic amines) is 1. The van der Waals surface area contributed by atoms with E-state index < -0.39 is 5.60 Å². The molecule has 0 spiro atoms. The molecule has 19 heavy (non-hydrogen) atoms. The molecule has 1 aliphatic rings. The van der Waals surface area contributed by atoms with Crippen LogP contribution in [0.4, 0.5) is 0 Å². The quantitative estimate of drug-likeness (QED) is 0.773. The minimum absolute atomic E-state index is 0.169. The van der Waals surface area contributed by atoms with Crippen molar-refractivity contribution in [3.63, 3.8) is 0 Å². The van der Waals surface area contributed by atoms with Gasteiger partial charge in [0.2, 0.25) is 5.91 Å². The molecule has 1 amide bonds. The van der Waals surface area contributed by atoms with Crippen LogP contribution in [-0.4, -0.2) is 47.7 Å². The molecule has 4 heteroatoms. The fourth-order valence-corrected chi connectivity index (χ4v) is 2.82. The lowest BCUT2D eigenvalue weighted by Gasteiger charge is -2.26. The molecule has 1 saturated heterocycles. The van der Waals surface area contributed by atoms with Crippen molar-refractivity contribution >= 4 is 5.91 Å². The Hall–Kier alpha value is -0.610. The minimum atomic E-state index is -0.729. The first-order chi connectivity index (χ1) is 8.91. The Morgan fingerprint density at radius 1 is 1.26 bits per heavy atom. The fraction of sp³-hybridized carbons (Fsp3) is 0.933. The van der Waals surface area contributed by atoms with Gasteiger partial charge in [-0.25, -0.2) is 0 Å². The first-order valence-electron chi connectivity index (χ1n) is 7.61. The van der Waals surface area contributed by atoms with Crippen LogP contribution in [-0.2, 0) is 4.79 Å². The molecule has 0 bridgehead atoms. The molecule has 1 aliphatic heterocycles. The Balaban J connectivity index is 2.25. The Morgan fingerprint density at radius 2 is 1.84 bits per heavy atom. The number of nitrogens with one attached hydrogen (secondary N) is 1. The van der Waals surface area contributed by atoms with Gasteiger partial charge in [0, 0.05) is 19.6 Å². The SMILES string of the molecule is CC(C)CC(C)(O)CNCC(=O)N1CCCCCC1. The van der Waals surface area contributed by atoms with Gasteiger partial charge in [-0.05, 0) is 32.1 Å². The number of carbonyl (C=O) groups is 1. The van der Waals surface area contributed by atoms with Crippen LogP contribution in [0.5, 0.6) is 0 Å². The minimum Gasteiger partial charge on any atom is -0.389 e. The summed E-state index contributed by atoms with van der Waals surface area (Å²) in [5, 5.41) is 13.3. The van der Waals surface area contributed by atoms with Crippen LogP contribution < -0.4 is 5.32 Å². The normalized spacial score (nSPS) is 20.2. The van der Waals surface area contributed by atoms with Gasteiger partial charge in [0.25, 0.3) is 0 Å². The molecular formula is C15H30N2O2. The highest BCUT2D eigenvalue weighted by molar-refractivity contribution is 5.78. The molecule has 1 heterocycles. The first-order valence-corrected chi connectivity index (χ1v) is 7.61. The molecule has 0 aromatic carbocycles. The van der Waals surface area contributed by atoms with E-state index in [-0.39, 0.29) is 5.91 Å². The highest BCUT2D eigenvalue weighted by Crippen LogP contribution is 2.15. The Bertz CT molecular complexity index is 269. The lowest BCUT2D eigenvalue weighted by atomic mass is 9.94. The second-order valence-corrected chi connectivity index (χ2v) is 6.49. The summed E-state index contributed by atoms with van der Waals surface area (Å²) in [6.45, 7) is 8.62. The predicted octanol–water partition coefficient (Wildman–Crippen LogP) is 1.78. The van der Waals surface area contributed by atoms with E-state index >= 15 is 0 Å². The topological polar surface area (TPSA) is 52.6 Å². The second-order valence-electron chi connectivity index (χ2n) is 6.49. The van der Waals surface area contributed by atoms with Crippen molar-refractivity contribution in [2.45, 2.75) is 58.5 Å². The average Bonchev–Trinajstić information content (AvgIpc) is 2.55. The maximum Gasteiger partial charge on any atom is 0.236 e. The average molecular weight is 270 g/mol. The zero-order valence-electron chi connectivity index (χ0n) is 12.7. The van der Waals surface area contributed by atoms with Gasteiger partial charge in [0.1, 0.15) is 0 Å². The van der Waals surface area contributed by atoms with Crippen LogP contribution in [0.2, 0.25) is 0 Å². The van der Waals surface area contributed by atoms with E-state index in [1.807, 2.05) is 11.8 Å². The van der Waals surface area contributed by atoms with E-state index in [1.54, 1.807) is 0 Å². The third kappa shape index (κ3) is 6.92. The van der Waals surface area contributed by atoms with Gasteiger partial charge in [-0.3, -0.25) is 4.79 Å². The number of nitrogens with zero attached hydrogens (tertiary/aromatic N) is 1. The molecule has 0 aromatic rings. The maximum atomic E-state index is 12.0. The second kappa shape index (κ2) is 7.85. The Morgan fingerprint density at radius 3 is 2.37 bits per heavy atom. The number of rotatable bonds is 6. The summed E-state index contributed by atoms with van der Waals surface area (Å²) >= 11 is 0. The molecule has 0 aliphatic carbocycles. The van der Waals surface area contributed by atoms with Crippen LogP contribution in [0, 0.1) is 5.92 Å². The van der Waals surface area contributed by atoms with Crippen molar-refractivity contribution in [1.29, 1.82) is 0 Å². The van der Waals surface area contributed by atoms with Gasteiger partial charge in [-0.2, -0.15) is 0 Å². The number of carbonyl (C=O) groups excluding carboxylic acids is 1. The van der Waals surface area contributed by atoms with Gasteiger partial charge in [-0.1, -0.05) is 26.7 Å². The van der Waals surface area contributed by atoms with E-state index in [0.717, 1.165) is 32.4 Å². The summed E-state index contributed by atoms with van der Waals surface area (Å²) in [7, 11) is 0. The molecule has 1 fully saturated rings. The van der Waals surface area contributed by atoms with Crippen molar-refractivity contribution in [3.8, 4) is 0 Å². The smallest absolute Gasteiger partial charge is 0.236 e. The highest BCUT2D eigenvalue weighted by atomic mass is 16.3.